The van der Waals surface area contributed by atoms with E-state index < -0.39 is 11.9 Å². The van der Waals surface area contributed by atoms with Crippen LogP contribution in [0.2, 0.25) is 0 Å². The Labute approximate surface area is 105 Å². The van der Waals surface area contributed by atoms with E-state index in [1.807, 2.05) is 6.92 Å². The fourth-order valence-electron chi connectivity index (χ4n) is 2.13. The molecule has 2 rings (SSSR count). The molecule has 18 heavy (non-hydrogen) atoms. The molecule has 0 aliphatic carbocycles. The van der Waals surface area contributed by atoms with Crippen LogP contribution in [0.4, 0.5) is 10.1 Å². The molecule has 98 valence electrons. The van der Waals surface area contributed by atoms with E-state index in [1.54, 1.807) is 0 Å². The summed E-state index contributed by atoms with van der Waals surface area (Å²) in [6.07, 6.45) is 0.208. The van der Waals surface area contributed by atoms with Crippen LogP contribution in [-0.2, 0) is 0 Å². The number of anilines is 1. The fraction of sp³-hybridized carbons (Fsp3) is 0.462. The number of nitrogens with zero attached hydrogens (tertiary/aromatic N) is 1. The summed E-state index contributed by atoms with van der Waals surface area (Å²) in [4.78, 5) is 13.7. The molecule has 2 atom stereocenters. The number of likely N-dealkylation sites (tertiary alicyclic amines) is 1. The van der Waals surface area contributed by atoms with Gasteiger partial charge in [-0.1, -0.05) is 13.0 Å². The maximum Gasteiger partial charge on any atom is 0.256 e. The number of amides is 1. The molecule has 4 nitrogen and oxygen atoms in total. The highest BCUT2D eigenvalue weighted by atomic mass is 19.1. The first-order chi connectivity index (χ1) is 8.50. The summed E-state index contributed by atoms with van der Waals surface area (Å²) >= 11 is 0. The van der Waals surface area contributed by atoms with Crippen LogP contribution in [0.3, 0.4) is 0 Å². The van der Waals surface area contributed by atoms with Gasteiger partial charge in [0.05, 0.1) is 17.4 Å². The number of β-amino-alcohol motifs (C(OH)–C–C–N with tert-alkyl or cyclic N) is 1. The number of carbonyl (C=O) groups excluding carboxylic acids is 1. The molecule has 2 unspecified atom stereocenters. The van der Waals surface area contributed by atoms with Gasteiger partial charge in [-0.15, -0.1) is 0 Å². The second kappa shape index (κ2) is 4.94. The molecule has 1 fully saturated rings. The molecular formula is C13H17FN2O2. The first-order valence-corrected chi connectivity index (χ1v) is 6.02. The lowest BCUT2D eigenvalue weighted by Gasteiger charge is -2.34. The second-order valence-electron chi connectivity index (χ2n) is 4.79. The van der Waals surface area contributed by atoms with Gasteiger partial charge in [-0.3, -0.25) is 4.79 Å². The number of hydrogen-bond acceptors (Lipinski definition) is 3. The van der Waals surface area contributed by atoms with Gasteiger partial charge in [-0.2, -0.15) is 0 Å². The van der Waals surface area contributed by atoms with Gasteiger partial charge in [0, 0.05) is 13.1 Å². The monoisotopic (exact) mass is 252 g/mol. The molecule has 1 aliphatic heterocycles. The normalized spacial score (nSPS) is 24.1. The number of hydrogen-bond donors (Lipinski definition) is 2. The first-order valence-electron chi connectivity index (χ1n) is 6.02. The number of benzene rings is 1. The molecule has 1 aliphatic rings. The van der Waals surface area contributed by atoms with E-state index in [-0.39, 0.29) is 29.6 Å². The molecule has 5 heteroatoms. The predicted molar refractivity (Wildman–Crippen MR) is 66.5 cm³/mol. The highest BCUT2D eigenvalue weighted by Gasteiger charge is 2.28. The van der Waals surface area contributed by atoms with Crippen LogP contribution in [0.25, 0.3) is 0 Å². The van der Waals surface area contributed by atoms with Crippen LogP contribution in [0, 0.1) is 11.7 Å². The molecule has 3 N–H and O–H groups in total. The topological polar surface area (TPSA) is 66.6 Å². The number of rotatable bonds is 1. The van der Waals surface area contributed by atoms with E-state index in [9.17, 15) is 14.3 Å². The zero-order valence-corrected chi connectivity index (χ0v) is 10.3. The Hall–Kier alpha value is -1.62. The average molecular weight is 252 g/mol. The van der Waals surface area contributed by atoms with Gasteiger partial charge in [0.1, 0.15) is 5.82 Å². The molecule has 0 saturated carbocycles. The van der Waals surface area contributed by atoms with Crippen molar-refractivity contribution in [1.29, 1.82) is 0 Å². The SMILES string of the molecule is CC1CCN(C(=O)c2cccc(F)c2N)CC1O. The van der Waals surface area contributed by atoms with Gasteiger partial charge < -0.3 is 15.7 Å². The summed E-state index contributed by atoms with van der Waals surface area (Å²) in [5.74, 6) is -0.733. The van der Waals surface area contributed by atoms with Gasteiger partial charge in [0.25, 0.3) is 5.91 Å². The first kappa shape index (κ1) is 12.8. The van der Waals surface area contributed by atoms with Crippen molar-refractivity contribution < 1.29 is 14.3 Å². The predicted octanol–water partition coefficient (Wildman–Crippen LogP) is 1.25. The van der Waals surface area contributed by atoms with E-state index in [2.05, 4.69) is 0 Å². The zero-order chi connectivity index (χ0) is 13.3. The zero-order valence-electron chi connectivity index (χ0n) is 10.3. The number of aliphatic hydroxyl groups excluding tert-OH is 1. The lowest BCUT2D eigenvalue weighted by molar-refractivity contribution is 0.0249. The van der Waals surface area contributed by atoms with Gasteiger partial charge >= 0.3 is 0 Å². The number of piperidine rings is 1. The third-order valence-corrected chi connectivity index (χ3v) is 3.49. The molecule has 0 bridgehead atoms. The van der Waals surface area contributed by atoms with Gasteiger partial charge in [-0.25, -0.2) is 4.39 Å². The molecule has 1 aromatic rings. The van der Waals surface area contributed by atoms with Crippen molar-refractivity contribution in [3.8, 4) is 0 Å². The summed E-state index contributed by atoms with van der Waals surface area (Å²) in [7, 11) is 0. The third kappa shape index (κ3) is 2.31. The van der Waals surface area contributed by atoms with Crippen molar-refractivity contribution in [2.45, 2.75) is 19.4 Å². The number of nitrogens with two attached hydrogens (primary N) is 1. The Kier molecular flexibility index (Phi) is 3.52. The van der Waals surface area contributed by atoms with E-state index in [1.165, 1.54) is 23.1 Å². The van der Waals surface area contributed by atoms with Crippen LogP contribution in [0.1, 0.15) is 23.7 Å². The number of aliphatic hydroxyl groups is 1. The molecule has 0 radical (unpaired) electrons. The molecule has 0 aromatic heterocycles. The van der Waals surface area contributed by atoms with E-state index >= 15 is 0 Å². The number of para-hydroxylation sites is 1. The Morgan fingerprint density at radius 1 is 1.56 bits per heavy atom. The minimum absolute atomic E-state index is 0.129. The van der Waals surface area contributed by atoms with Crippen LogP contribution in [0.15, 0.2) is 18.2 Å². The van der Waals surface area contributed by atoms with E-state index in [4.69, 9.17) is 5.73 Å². The number of nitrogen functional groups attached to an aromatic ring is 1. The minimum atomic E-state index is -0.591. The van der Waals surface area contributed by atoms with E-state index in [0.717, 1.165) is 6.42 Å². The van der Waals surface area contributed by atoms with Crippen molar-refractivity contribution in [3.05, 3.63) is 29.6 Å². The lowest BCUT2D eigenvalue weighted by Crippen LogP contribution is -2.46. The van der Waals surface area contributed by atoms with Gasteiger partial charge in [0.15, 0.2) is 0 Å². The minimum Gasteiger partial charge on any atom is -0.396 e. The van der Waals surface area contributed by atoms with Crippen LogP contribution in [0.5, 0.6) is 0 Å². The summed E-state index contributed by atoms with van der Waals surface area (Å²) in [6, 6.07) is 4.19. The summed E-state index contributed by atoms with van der Waals surface area (Å²) in [5.41, 5.74) is 5.60. The van der Waals surface area contributed by atoms with Crippen LogP contribution >= 0.6 is 0 Å². The quantitative estimate of drug-likeness (QED) is 0.739. The lowest BCUT2D eigenvalue weighted by atomic mass is 9.95. The molecule has 1 heterocycles. The molecule has 1 saturated heterocycles. The smallest absolute Gasteiger partial charge is 0.256 e. The third-order valence-electron chi connectivity index (χ3n) is 3.49. The van der Waals surface area contributed by atoms with E-state index in [0.29, 0.717) is 6.54 Å². The summed E-state index contributed by atoms with van der Waals surface area (Å²) in [6.45, 7) is 2.78. The molecular weight excluding hydrogens is 235 g/mol. The second-order valence-corrected chi connectivity index (χ2v) is 4.79. The molecule has 0 spiro atoms. The van der Waals surface area contributed by atoms with Crippen molar-refractivity contribution >= 4 is 11.6 Å². The molecule has 1 aromatic carbocycles. The Morgan fingerprint density at radius 3 is 2.94 bits per heavy atom. The van der Waals surface area contributed by atoms with Crippen LogP contribution in [-0.4, -0.2) is 35.1 Å². The Morgan fingerprint density at radius 2 is 2.28 bits per heavy atom. The summed E-state index contributed by atoms with van der Waals surface area (Å²) < 4.78 is 13.3. The highest BCUT2D eigenvalue weighted by molar-refractivity contribution is 5.99. The fourth-order valence-corrected chi connectivity index (χ4v) is 2.13. The largest absolute Gasteiger partial charge is 0.396 e. The molecule has 1 amide bonds. The Balaban J connectivity index is 2.19. The average Bonchev–Trinajstić information content (AvgIpc) is 2.35. The highest BCUT2D eigenvalue weighted by Crippen LogP contribution is 2.22. The van der Waals surface area contributed by atoms with Crippen LogP contribution < -0.4 is 5.73 Å². The van der Waals surface area contributed by atoms with Crippen molar-refractivity contribution in [2.24, 2.45) is 5.92 Å². The number of carbonyl (C=O) groups is 1. The maximum atomic E-state index is 13.3. The van der Waals surface area contributed by atoms with Crippen molar-refractivity contribution in [2.75, 3.05) is 18.8 Å². The van der Waals surface area contributed by atoms with Crippen molar-refractivity contribution in [3.63, 3.8) is 0 Å². The summed E-state index contributed by atoms with van der Waals surface area (Å²) in [5, 5.41) is 9.77. The van der Waals surface area contributed by atoms with Gasteiger partial charge in [-0.05, 0) is 24.5 Å². The van der Waals surface area contributed by atoms with Gasteiger partial charge in [0.2, 0.25) is 0 Å². The van der Waals surface area contributed by atoms with Crippen molar-refractivity contribution in [1.82, 2.24) is 4.90 Å². The number of halogens is 1. The maximum absolute atomic E-state index is 13.3. The Bertz CT molecular complexity index is 464. The standard InChI is InChI=1S/C13H17FN2O2/c1-8-5-6-16(7-11(8)17)13(18)9-3-2-4-10(14)12(9)15/h2-4,8,11,17H,5-7,15H2,1H3.